The Balaban J connectivity index is 1.98. The monoisotopic (exact) mass is 198 g/mol. The van der Waals surface area contributed by atoms with E-state index in [1.54, 1.807) is 0 Å². The molecule has 1 fully saturated rings. The third-order valence-corrected chi connectivity index (χ3v) is 2.79. The van der Waals surface area contributed by atoms with Crippen LogP contribution in [0.1, 0.15) is 58.3 Å². The number of Topliss-reactive ketones (excluding diaryl/α,β-unsaturated/α-hetero) is 1. The maximum absolute atomic E-state index is 11.5. The molecule has 0 N–H and O–H groups in total. The van der Waals surface area contributed by atoms with Gasteiger partial charge in [0.05, 0.1) is 6.10 Å². The summed E-state index contributed by atoms with van der Waals surface area (Å²) in [6.45, 7) is 3.04. The fraction of sp³-hybridized carbons (Fsp3) is 0.917. The zero-order valence-corrected chi connectivity index (χ0v) is 9.26. The molecule has 0 amide bonds. The van der Waals surface area contributed by atoms with Crippen molar-refractivity contribution in [2.24, 2.45) is 0 Å². The van der Waals surface area contributed by atoms with E-state index >= 15 is 0 Å². The van der Waals surface area contributed by atoms with Gasteiger partial charge in [0.25, 0.3) is 0 Å². The van der Waals surface area contributed by atoms with Gasteiger partial charge in [0, 0.05) is 19.4 Å². The van der Waals surface area contributed by atoms with Crippen molar-refractivity contribution in [2.45, 2.75) is 64.4 Å². The molecule has 2 nitrogen and oxygen atoms in total. The van der Waals surface area contributed by atoms with Gasteiger partial charge in [-0.3, -0.25) is 4.79 Å². The third-order valence-electron chi connectivity index (χ3n) is 2.79. The highest BCUT2D eigenvalue weighted by Gasteiger charge is 2.18. The van der Waals surface area contributed by atoms with Crippen LogP contribution in [-0.2, 0) is 9.53 Å². The number of unbranched alkanes of at least 4 members (excludes halogenated alkanes) is 3. The molecule has 0 aromatic carbocycles. The van der Waals surface area contributed by atoms with Crippen molar-refractivity contribution in [3.05, 3.63) is 0 Å². The molecule has 0 spiro atoms. The van der Waals surface area contributed by atoms with E-state index in [9.17, 15) is 4.79 Å². The second kappa shape index (κ2) is 6.99. The summed E-state index contributed by atoms with van der Waals surface area (Å²) in [7, 11) is 0. The van der Waals surface area contributed by atoms with Crippen LogP contribution >= 0.6 is 0 Å². The lowest BCUT2D eigenvalue weighted by molar-refractivity contribution is -0.121. The summed E-state index contributed by atoms with van der Waals surface area (Å²) < 4.78 is 5.43. The Morgan fingerprint density at radius 2 is 2.21 bits per heavy atom. The van der Waals surface area contributed by atoms with Gasteiger partial charge in [-0.2, -0.15) is 0 Å². The maximum Gasteiger partial charge on any atom is 0.135 e. The SMILES string of the molecule is CCCCCCC(=O)CC1CCCO1. The lowest BCUT2D eigenvalue weighted by Gasteiger charge is -2.07. The van der Waals surface area contributed by atoms with Crippen LogP contribution in [0.5, 0.6) is 0 Å². The Labute approximate surface area is 87.0 Å². The van der Waals surface area contributed by atoms with Crippen molar-refractivity contribution >= 4 is 5.78 Å². The van der Waals surface area contributed by atoms with Gasteiger partial charge in [-0.25, -0.2) is 0 Å². The average Bonchev–Trinajstić information content (AvgIpc) is 2.65. The molecule has 0 aromatic heterocycles. The average molecular weight is 198 g/mol. The van der Waals surface area contributed by atoms with Gasteiger partial charge in [0.2, 0.25) is 0 Å². The van der Waals surface area contributed by atoms with Gasteiger partial charge in [-0.05, 0) is 19.3 Å². The Bertz CT molecular complexity index is 160. The molecule has 1 aliphatic rings. The number of hydrogen-bond acceptors (Lipinski definition) is 2. The number of carbonyl (C=O) groups excluding carboxylic acids is 1. The highest BCUT2D eigenvalue weighted by molar-refractivity contribution is 5.78. The fourth-order valence-electron chi connectivity index (χ4n) is 1.91. The number of hydrogen-bond donors (Lipinski definition) is 0. The minimum absolute atomic E-state index is 0.244. The zero-order chi connectivity index (χ0) is 10.2. The molecule has 1 rings (SSSR count). The molecule has 0 bridgehead atoms. The first-order valence-electron chi connectivity index (χ1n) is 5.96. The van der Waals surface area contributed by atoms with Gasteiger partial charge in [-0.1, -0.05) is 26.2 Å². The van der Waals surface area contributed by atoms with Crippen LogP contribution in [0.15, 0.2) is 0 Å². The summed E-state index contributed by atoms with van der Waals surface area (Å²) in [4.78, 5) is 11.5. The summed E-state index contributed by atoms with van der Waals surface area (Å²) in [5, 5.41) is 0. The summed E-state index contributed by atoms with van der Waals surface area (Å²) in [5.74, 6) is 0.396. The number of carbonyl (C=O) groups is 1. The largest absolute Gasteiger partial charge is 0.378 e. The predicted octanol–water partition coefficient (Wildman–Crippen LogP) is 3.10. The normalized spacial score (nSPS) is 21.4. The molecule has 1 atom stereocenters. The van der Waals surface area contributed by atoms with Crippen LogP contribution in [0.3, 0.4) is 0 Å². The number of ether oxygens (including phenoxy) is 1. The quantitative estimate of drug-likeness (QED) is 0.588. The van der Waals surface area contributed by atoms with E-state index in [4.69, 9.17) is 4.74 Å². The van der Waals surface area contributed by atoms with Crippen molar-refractivity contribution < 1.29 is 9.53 Å². The van der Waals surface area contributed by atoms with E-state index in [1.165, 1.54) is 19.3 Å². The van der Waals surface area contributed by atoms with Crippen molar-refractivity contribution in [3.8, 4) is 0 Å². The second-order valence-electron chi connectivity index (χ2n) is 4.19. The van der Waals surface area contributed by atoms with Crippen molar-refractivity contribution in [1.82, 2.24) is 0 Å². The Morgan fingerprint density at radius 3 is 2.86 bits per heavy atom. The van der Waals surface area contributed by atoms with Crippen molar-refractivity contribution in [1.29, 1.82) is 0 Å². The smallest absolute Gasteiger partial charge is 0.135 e. The summed E-state index contributed by atoms with van der Waals surface area (Å²) in [5.41, 5.74) is 0. The van der Waals surface area contributed by atoms with Crippen molar-refractivity contribution in [3.63, 3.8) is 0 Å². The van der Waals surface area contributed by atoms with E-state index in [0.717, 1.165) is 32.3 Å². The second-order valence-corrected chi connectivity index (χ2v) is 4.19. The lowest BCUT2D eigenvalue weighted by atomic mass is 10.0. The molecule has 14 heavy (non-hydrogen) atoms. The highest BCUT2D eigenvalue weighted by Crippen LogP contribution is 2.17. The van der Waals surface area contributed by atoms with Gasteiger partial charge in [0.1, 0.15) is 5.78 Å². The first-order valence-corrected chi connectivity index (χ1v) is 5.96. The summed E-state index contributed by atoms with van der Waals surface area (Å²) >= 11 is 0. The molecule has 2 heteroatoms. The third kappa shape index (κ3) is 4.75. The first-order chi connectivity index (χ1) is 6.83. The summed E-state index contributed by atoms with van der Waals surface area (Å²) in [6, 6.07) is 0. The topological polar surface area (TPSA) is 26.3 Å². The van der Waals surface area contributed by atoms with E-state index in [1.807, 2.05) is 0 Å². The van der Waals surface area contributed by atoms with Crippen LogP contribution in [0.25, 0.3) is 0 Å². The lowest BCUT2D eigenvalue weighted by Crippen LogP contribution is -2.12. The molecule has 0 saturated carbocycles. The van der Waals surface area contributed by atoms with Crippen molar-refractivity contribution in [2.75, 3.05) is 6.61 Å². The molecule has 0 aromatic rings. The standard InChI is InChI=1S/C12H22O2/c1-2-3-4-5-7-11(13)10-12-8-6-9-14-12/h12H,2-10H2,1H3. The molecule has 1 unspecified atom stereocenters. The number of ketones is 1. The van der Waals surface area contributed by atoms with Crippen LogP contribution in [-0.4, -0.2) is 18.5 Å². The van der Waals surface area contributed by atoms with E-state index in [2.05, 4.69) is 6.92 Å². The Hall–Kier alpha value is -0.370. The molecule has 1 heterocycles. The Morgan fingerprint density at radius 1 is 1.36 bits per heavy atom. The van der Waals surface area contributed by atoms with Gasteiger partial charge in [0.15, 0.2) is 0 Å². The molecule has 0 radical (unpaired) electrons. The first kappa shape index (κ1) is 11.7. The van der Waals surface area contributed by atoms with E-state index in [-0.39, 0.29) is 6.10 Å². The highest BCUT2D eigenvalue weighted by atomic mass is 16.5. The molecular formula is C12H22O2. The number of rotatable bonds is 7. The van der Waals surface area contributed by atoms with Crippen LogP contribution in [0.4, 0.5) is 0 Å². The fourth-order valence-corrected chi connectivity index (χ4v) is 1.91. The molecule has 1 aliphatic heterocycles. The molecule has 0 aliphatic carbocycles. The van der Waals surface area contributed by atoms with Gasteiger partial charge in [-0.15, -0.1) is 0 Å². The molecule has 82 valence electrons. The molecule has 1 saturated heterocycles. The molecular weight excluding hydrogens is 176 g/mol. The predicted molar refractivity (Wildman–Crippen MR) is 57.4 cm³/mol. The van der Waals surface area contributed by atoms with Gasteiger partial charge < -0.3 is 4.74 Å². The zero-order valence-electron chi connectivity index (χ0n) is 9.26. The minimum atomic E-state index is 0.244. The minimum Gasteiger partial charge on any atom is -0.378 e. The van der Waals surface area contributed by atoms with Crippen LogP contribution in [0, 0.1) is 0 Å². The van der Waals surface area contributed by atoms with Gasteiger partial charge >= 0.3 is 0 Å². The van der Waals surface area contributed by atoms with E-state index < -0.39 is 0 Å². The maximum atomic E-state index is 11.5. The van der Waals surface area contributed by atoms with E-state index in [0.29, 0.717) is 12.2 Å². The van der Waals surface area contributed by atoms with Crippen LogP contribution in [0.2, 0.25) is 0 Å². The summed E-state index contributed by atoms with van der Waals surface area (Å²) in [6.07, 6.45) is 8.65. The van der Waals surface area contributed by atoms with Crippen LogP contribution < -0.4 is 0 Å². The Kier molecular flexibility index (Phi) is 5.85.